The van der Waals surface area contributed by atoms with Gasteiger partial charge in [0.25, 0.3) is 0 Å². The third-order valence-electron chi connectivity index (χ3n) is 4.96. The molecule has 3 N–H and O–H groups in total. The van der Waals surface area contributed by atoms with Gasteiger partial charge in [-0.1, -0.05) is 48.5 Å². The Hall–Kier alpha value is -2.39. The van der Waals surface area contributed by atoms with Gasteiger partial charge in [0.05, 0.1) is 11.4 Å². The van der Waals surface area contributed by atoms with Crippen LogP contribution >= 0.6 is 0 Å². The van der Waals surface area contributed by atoms with E-state index >= 15 is 0 Å². The van der Waals surface area contributed by atoms with E-state index in [1.54, 1.807) is 0 Å². The van der Waals surface area contributed by atoms with Crippen LogP contribution in [-0.4, -0.2) is 18.8 Å². The second kappa shape index (κ2) is 8.13. The van der Waals surface area contributed by atoms with Crippen LogP contribution < -0.4 is 11.1 Å². The molecule has 0 atom stereocenters. The molecule has 0 radical (unpaired) electrons. The Kier molecular flexibility index (Phi) is 5.67. The van der Waals surface area contributed by atoms with Crippen molar-refractivity contribution in [2.75, 3.05) is 13.1 Å². The van der Waals surface area contributed by atoms with Crippen LogP contribution in [0.2, 0.25) is 0 Å². The van der Waals surface area contributed by atoms with Crippen molar-refractivity contribution in [2.24, 2.45) is 16.6 Å². The topological polar surface area (TPSA) is 50.4 Å². The summed E-state index contributed by atoms with van der Waals surface area (Å²) >= 11 is 0. The van der Waals surface area contributed by atoms with Gasteiger partial charge in [0.15, 0.2) is 0 Å². The van der Waals surface area contributed by atoms with Crippen LogP contribution in [0, 0.1) is 12.8 Å². The molecule has 0 amide bonds. The summed E-state index contributed by atoms with van der Waals surface area (Å²) in [6, 6.07) is 18.6. The van der Waals surface area contributed by atoms with Gasteiger partial charge in [-0.25, -0.2) is 4.99 Å². The van der Waals surface area contributed by atoms with Crippen molar-refractivity contribution in [1.29, 1.82) is 0 Å². The number of hydrogen-bond donors (Lipinski definition) is 2. The number of allylic oxidation sites excluding steroid dienone is 2. The number of hydrogen-bond acceptors (Lipinski definition) is 3. The molecule has 0 aliphatic carbocycles. The molecule has 1 fully saturated rings. The lowest BCUT2D eigenvalue weighted by Gasteiger charge is -2.25. The maximum absolute atomic E-state index is 6.59. The van der Waals surface area contributed by atoms with Crippen molar-refractivity contribution in [1.82, 2.24) is 5.32 Å². The Morgan fingerprint density at radius 1 is 1.00 bits per heavy atom. The number of rotatable bonds is 4. The van der Waals surface area contributed by atoms with Crippen molar-refractivity contribution in [3.63, 3.8) is 0 Å². The van der Waals surface area contributed by atoms with Crippen LogP contribution in [0.1, 0.15) is 30.9 Å². The molecule has 3 nitrogen and oxygen atoms in total. The summed E-state index contributed by atoms with van der Waals surface area (Å²) < 4.78 is 0. The SMILES string of the molecule is C/C(C(=Nc1ccccc1C)c1ccccc1)=C(/N)C1CCNCC1. The molecule has 1 heterocycles. The van der Waals surface area contributed by atoms with Gasteiger partial charge < -0.3 is 11.1 Å². The minimum Gasteiger partial charge on any atom is -0.402 e. The third kappa shape index (κ3) is 4.18. The molecule has 0 aromatic heterocycles. The average molecular weight is 333 g/mol. The summed E-state index contributed by atoms with van der Waals surface area (Å²) in [6.45, 7) is 6.28. The van der Waals surface area contributed by atoms with E-state index in [-0.39, 0.29) is 0 Å². The Labute approximate surface area is 150 Å². The molecule has 0 unspecified atom stereocenters. The zero-order chi connectivity index (χ0) is 17.6. The standard InChI is InChI=1S/C22H27N3/c1-16-8-6-7-11-20(16)25-22(19-9-4-3-5-10-19)17(2)21(23)18-12-14-24-15-13-18/h3-11,18,24H,12-15,23H2,1-2H3/b21-17-,25-22?. The predicted molar refractivity (Wildman–Crippen MR) is 106 cm³/mol. The normalized spacial score (nSPS) is 17.3. The number of nitrogens with zero attached hydrogens (tertiary/aromatic N) is 1. The lowest BCUT2D eigenvalue weighted by Crippen LogP contribution is -2.31. The summed E-state index contributed by atoms with van der Waals surface area (Å²) in [7, 11) is 0. The number of benzene rings is 2. The van der Waals surface area contributed by atoms with Crippen molar-refractivity contribution in [3.8, 4) is 0 Å². The van der Waals surface area contributed by atoms with E-state index in [9.17, 15) is 0 Å². The number of aliphatic imine (C=N–C) groups is 1. The fourth-order valence-electron chi connectivity index (χ4n) is 3.35. The maximum atomic E-state index is 6.59. The largest absolute Gasteiger partial charge is 0.402 e. The Morgan fingerprint density at radius 2 is 1.64 bits per heavy atom. The zero-order valence-corrected chi connectivity index (χ0v) is 15.1. The van der Waals surface area contributed by atoms with Gasteiger partial charge in [0.2, 0.25) is 0 Å². The Balaban J connectivity index is 2.06. The van der Waals surface area contributed by atoms with Gasteiger partial charge in [-0.05, 0) is 57.0 Å². The summed E-state index contributed by atoms with van der Waals surface area (Å²) in [5.41, 5.74) is 12.9. The van der Waals surface area contributed by atoms with Gasteiger partial charge >= 0.3 is 0 Å². The molecule has 0 spiro atoms. The fourth-order valence-corrected chi connectivity index (χ4v) is 3.35. The quantitative estimate of drug-likeness (QED) is 0.817. The van der Waals surface area contributed by atoms with Gasteiger partial charge in [-0.2, -0.15) is 0 Å². The Bertz CT molecular complexity index is 769. The molecule has 130 valence electrons. The first-order valence-corrected chi connectivity index (χ1v) is 9.04. The molecule has 3 rings (SSSR count). The summed E-state index contributed by atoms with van der Waals surface area (Å²) in [5, 5.41) is 3.41. The van der Waals surface area contributed by atoms with E-state index in [1.165, 1.54) is 5.56 Å². The fraction of sp³-hybridized carbons (Fsp3) is 0.318. The lowest BCUT2D eigenvalue weighted by atomic mass is 9.89. The highest BCUT2D eigenvalue weighted by atomic mass is 14.9. The van der Waals surface area contributed by atoms with E-state index in [1.807, 2.05) is 18.2 Å². The Morgan fingerprint density at radius 3 is 2.32 bits per heavy atom. The molecular formula is C22H27N3. The molecule has 2 aromatic rings. The van der Waals surface area contributed by atoms with E-state index < -0.39 is 0 Å². The maximum Gasteiger partial charge on any atom is 0.0755 e. The predicted octanol–water partition coefficient (Wildman–Crippen LogP) is 4.35. The first-order chi connectivity index (χ1) is 12.2. The lowest BCUT2D eigenvalue weighted by molar-refractivity contribution is 0.416. The van der Waals surface area contributed by atoms with Crippen LogP contribution in [0.3, 0.4) is 0 Å². The van der Waals surface area contributed by atoms with Gasteiger partial charge in [0.1, 0.15) is 0 Å². The second-order valence-corrected chi connectivity index (χ2v) is 6.72. The molecule has 1 aliphatic rings. The van der Waals surface area contributed by atoms with E-state index in [0.29, 0.717) is 5.92 Å². The molecule has 2 aromatic carbocycles. The van der Waals surface area contributed by atoms with E-state index in [0.717, 1.165) is 54.2 Å². The summed E-state index contributed by atoms with van der Waals surface area (Å²) in [4.78, 5) is 5.01. The van der Waals surface area contributed by atoms with Crippen LogP contribution in [0.25, 0.3) is 0 Å². The van der Waals surface area contributed by atoms with Gasteiger partial charge in [0, 0.05) is 17.2 Å². The third-order valence-corrected chi connectivity index (χ3v) is 4.96. The molecule has 3 heteroatoms. The van der Waals surface area contributed by atoms with Gasteiger partial charge in [-0.15, -0.1) is 0 Å². The smallest absolute Gasteiger partial charge is 0.0755 e. The molecule has 1 aliphatic heterocycles. The number of piperidine rings is 1. The number of nitrogens with one attached hydrogen (secondary N) is 1. The molecule has 25 heavy (non-hydrogen) atoms. The minimum absolute atomic E-state index is 0.437. The van der Waals surface area contributed by atoms with Crippen LogP contribution in [0.4, 0.5) is 5.69 Å². The highest BCUT2D eigenvalue weighted by Gasteiger charge is 2.20. The monoisotopic (exact) mass is 333 g/mol. The van der Waals surface area contributed by atoms with Crippen molar-refractivity contribution < 1.29 is 0 Å². The van der Waals surface area contributed by atoms with Crippen LogP contribution in [-0.2, 0) is 0 Å². The highest BCUT2D eigenvalue weighted by molar-refractivity contribution is 6.13. The molecule has 1 saturated heterocycles. The van der Waals surface area contributed by atoms with Crippen molar-refractivity contribution in [3.05, 3.63) is 77.0 Å². The molecule has 0 bridgehead atoms. The first-order valence-electron chi connectivity index (χ1n) is 9.04. The van der Waals surface area contributed by atoms with E-state index in [2.05, 4.69) is 55.6 Å². The first kappa shape index (κ1) is 17.4. The van der Waals surface area contributed by atoms with Crippen molar-refractivity contribution in [2.45, 2.75) is 26.7 Å². The minimum atomic E-state index is 0.437. The number of aryl methyl sites for hydroxylation is 1. The number of para-hydroxylation sites is 1. The van der Waals surface area contributed by atoms with Crippen molar-refractivity contribution >= 4 is 11.4 Å². The van der Waals surface area contributed by atoms with Crippen LogP contribution in [0.15, 0.2) is 70.9 Å². The average Bonchev–Trinajstić information content (AvgIpc) is 2.67. The molecular weight excluding hydrogens is 306 g/mol. The van der Waals surface area contributed by atoms with Gasteiger partial charge in [-0.3, -0.25) is 0 Å². The second-order valence-electron chi connectivity index (χ2n) is 6.72. The van der Waals surface area contributed by atoms with E-state index in [4.69, 9.17) is 10.7 Å². The van der Waals surface area contributed by atoms with Crippen LogP contribution in [0.5, 0.6) is 0 Å². The summed E-state index contributed by atoms with van der Waals surface area (Å²) in [6.07, 6.45) is 2.19. The molecule has 0 saturated carbocycles. The summed E-state index contributed by atoms with van der Waals surface area (Å²) in [5.74, 6) is 0.437. The highest BCUT2D eigenvalue weighted by Crippen LogP contribution is 2.26. The number of nitrogens with two attached hydrogens (primary N) is 1. The zero-order valence-electron chi connectivity index (χ0n) is 15.1.